The standard InChI is InChI=1S/C25H23FN4O3S/c1-17(19-8-4-3-5-9-19)33-23-14-20(26)11-12-22(23)24-27-16-28-25(30-24)29-21-10-6-7-18(13-21)15-34(2,31)32/h3-14,16-17H,15H2,1-2H3,(H,27,28,29,30). The van der Waals surface area contributed by atoms with Crippen LogP contribution in [0.25, 0.3) is 11.4 Å². The molecule has 34 heavy (non-hydrogen) atoms. The summed E-state index contributed by atoms with van der Waals surface area (Å²) < 4.78 is 43.3. The largest absolute Gasteiger partial charge is 0.485 e. The Balaban J connectivity index is 1.60. The molecule has 9 heteroatoms. The predicted octanol–water partition coefficient (Wildman–Crippen LogP) is 5.11. The summed E-state index contributed by atoms with van der Waals surface area (Å²) >= 11 is 0. The SMILES string of the molecule is CC(Oc1cc(F)ccc1-c1ncnc(Nc2cccc(CS(C)(=O)=O)c2)n1)c1ccccc1. The van der Waals surface area contributed by atoms with E-state index >= 15 is 0 Å². The predicted molar refractivity (Wildman–Crippen MR) is 129 cm³/mol. The van der Waals surface area contributed by atoms with Gasteiger partial charge in [-0.15, -0.1) is 0 Å². The fraction of sp³-hybridized carbons (Fsp3) is 0.160. The van der Waals surface area contributed by atoms with Gasteiger partial charge in [0.25, 0.3) is 0 Å². The molecule has 4 aromatic rings. The van der Waals surface area contributed by atoms with E-state index in [2.05, 4.69) is 20.3 Å². The van der Waals surface area contributed by atoms with Gasteiger partial charge in [0.2, 0.25) is 5.95 Å². The third-order valence-corrected chi connectivity index (χ3v) is 5.80. The van der Waals surface area contributed by atoms with Crippen molar-refractivity contribution >= 4 is 21.5 Å². The van der Waals surface area contributed by atoms with Gasteiger partial charge < -0.3 is 10.1 Å². The molecule has 0 bridgehead atoms. The first-order valence-electron chi connectivity index (χ1n) is 10.5. The minimum atomic E-state index is -3.16. The Bertz CT molecular complexity index is 1400. The zero-order valence-electron chi connectivity index (χ0n) is 18.6. The van der Waals surface area contributed by atoms with Gasteiger partial charge in [0.15, 0.2) is 15.7 Å². The van der Waals surface area contributed by atoms with E-state index in [0.29, 0.717) is 28.4 Å². The molecule has 174 valence electrons. The molecule has 0 radical (unpaired) electrons. The second kappa shape index (κ2) is 9.96. The summed E-state index contributed by atoms with van der Waals surface area (Å²) in [5.41, 5.74) is 2.74. The lowest BCUT2D eigenvalue weighted by Gasteiger charge is -2.17. The highest BCUT2D eigenvalue weighted by Crippen LogP contribution is 2.32. The van der Waals surface area contributed by atoms with E-state index in [1.165, 1.54) is 24.7 Å². The van der Waals surface area contributed by atoms with Gasteiger partial charge in [-0.1, -0.05) is 42.5 Å². The minimum absolute atomic E-state index is 0.0686. The molecule has 1 unspecified atom stereocenters. The molecule has 0 saturated heterocycles. The normalized spacial score (nSPS) is 12.2. The monoisotopic (exact) mass is 478 g/mol. The van der Waals surface area contributed by atoms with E-state index in [-0.39, 0.29) is 17.8 Å². The third kappa shape index (κ3) is 6.14. The van der Waals surface area contributed by atoms with E-state index in [9.17, 15) is 12.8 Å². The van der Waals surface area contributed by atoms with Gasteiger partial charge in [-0.25, -0.2) is 22.8 Å². The number of nitrogens with one attached hydrogen (secondary N) is 1. The van der Waals surface area contributed by atoms with Crippen molar-refractivity contribution in [2.24, 2.45) is 0 Å². The van der Waals surface area contributed by atoms with E-state index in [0.717, 1.165) is 5.56 Å². The number of sulfone groups is 1. The summed E-state index contributed by atoms with van der Waals surface area (Å²) in [6.07, 6.45) is 2.21. The Hall–Kier alpha value is -3.85. The average Bonchev–Trinajstić information content (AvgIpc) is 2.79. The lowest BCUT2D eigenvalue weighted by molar-refractivity contribution is 0.227. The van der Waals surface area contributed by atoms with Crippen LogP contribution in [-0.4, -0.2) is 29.6 Å². The molecule has 0 aliphatic carbocycles. The molecule has 1 atom stereocenters. The molecule has 1 heterocycles. The quantitative estimate of drug-likeness (QED) is 0.376. The number of anilines is 2. The topological polar surface area (TPSA) is 94.1 Å². The molecule has 1 aromatic heterocycles. The molecule has 0 amide bonds. The minimum Gasteiger partial charge on any atom is -0.485 e. The molecule has 0 saturated carbocycles. The number of hydrogen-bond donors (Lipinski definition) is 1. The lowest BCUT2D eigenvalue weighted by Crippen LogP contribution is -2.06. The van der Waals surface area contributed by atoms with Crippen molar-refractivity contribution < 1.29 is 17.5 Å². The van der Waals surface area contributed by atoms with Gasteiger partial charge in [-0.3, -0.25) is 0 Å². The fourth-order valence-electron chi connectivity index (χ4n) is 3.42. The van der Waals surface area contributed by atoms with E-state index in [4.69, 9.17) is 4.74 Å². The van der Waals surface area contributed by atoms with Crippen LogP contribution in [0.5, 0.6) is 5.75 Å². The maximum atomic E-state index is 14.0. The number of aromatic nitrogens is 3. The van der Waals surface area contributed by atoms with Crippen LogP contribution < -0.4 is 10.1 Å². The van der Waals surface area contributed by atoms with Crippen LogP contribution in [0.15, 0.2) is 79.1 Å². The van der Waals surface area contributed by atoms with Gasteiger partial charge in [-0.05, 0) is 42.3 Å². The smallest absolute Gasteiger partial charge is 0.230 e. The number of ether oxygens (including phenoxy) is 1. The van der Waals surface area contributed by atoms with E-state index < -0.39 is 15.7 Å². The molecule has 0 aliphatic rings. The number of rotatable bonds is 8. The van der Waals surface area contributed by atoms with E-state index in [1.807, 2.05) is 37.3 Å². The highest BCUT2D eigenvalue weighted by molar-refractivity contribution is 7.89. The van der Waals surface area contributed by atoms with Gasteiger partial charge in [0, 0.05) is 18.0 Å². The molecular formula is C25H23FN4O3S. The van der Waals surface area contributed by atoms with Crippen molar-refractivity contribution in [3.8, 4) is 17.1 Å². The Morgan fingerprint density at radius 3 is 2.56 bits per heavy atom. The molecule has 0 spiro atoms. The highest BCUT2D eigenvalue weighted by Gasteiger charge is 2.16. The second-order valence-electron chi connectivity index (χ2n) is 7.84. The number of hydrogen-bond acceptors (Lipinski definition) is 7. The Morgan fingerprint density at radius 2 is 1.79 bits per heavy atom. The maximum Gasteiger partial charge on any atom is 0.230 e. The zero-order valence-corrected chi connectivity index (χ0v) is 19.5. The summed E-state index contributed by atoms with van der Waals surface area (Å²) in [6, 6.07) is 20.8. The average molecular weight is 479 g/mol. The summed E-state index contributed by atoms with van der Waals surface area (Å²) in [4.78, 5) is 12.9. The summed E-state index contributed by atoms with van der Waals surface area (Å²) in [6.45, 7) is 1.88. The molecular weight excluding hydrogens is 455 g/mol. The first-order chi connectivity index (χ1) is 16.3. The van der Waals surface area contributed by atoms with Gasteiger partial charge in [-0.2, -0.15) is 4.98 Å². The second-order valence-corrected chi connectivity index (χ2v) is 9.98. The Kier molecular flexibility index (Phi) is 6.83. The van der Waals surface area contributed by atoms with Crippen molar-refractivity contribution in [2.75, 3.05) is 11.6 Å². The van der Waals surface area contributed by atoms with Crippen molar-refractivity contribution in [3.05, 3.63) is 96.1 Å². The van der Waals surface area contributed by atoms with Crippen molar-refractivity contribution in [2.45, 2.75) is 18.8 Å². The lowest BCUT2D eigenvalue weighted by atomic mass is 10.1. The van der Waals surface area contributed by atoms with Crippen LogP contribution in [0.2, 0.25) is 0 Å². The van der Waals surface area contributed by atoms with Crippen LogP contribution in [0.1, 0.15) is 24.2 Å². The first-order valence-corrected chi connectivity index (χ1v) is 12.6. The van der Waals surface area contributed by atoms with Crippen molar-refractivity contribution in [1.29, 1.82) is 0 Å². The summed E-state index contributed by atoms with van der Waals surface area (Å²) in [5, 5.41) is 3.07. The molecule has 0 fully saturated rings. The summed E-state index contributed by atoms with van der Waals surface area (Å²) in [5.74, 6) is 0.367. The summed E-state index contributed by atoms with van der Waals surface area (Å²) in [7, 11) is -3.16. The molecule has 3 aromatic carbocycles. The van der Waals surface area contributed by atoms with Gasteiger partial charge >= 0.3 is 0 Å². The van der Waals surface area contributed by atoms with Crippen molar-refractivity contribution in [3.63, 3.8) is 0 Å². The fourth-order valence-corrected chi connectivity index (χ4v) is 4.20. The van der Waals surface area contributed by atoms with Gasteiger partial charge in [0.05, 0.1) is 11.3 Å². The highest BCUT2D eigenvalue weighted by atomic mass is 32.2. The third-order valence-electron chi connectivity index (χ3n) is 4.94. The first kappa shape index (κ1) is 23.3. The Labute approximate surface area is 197 Å². The zero-order chi connectivity index (χ0) is 24.1. The van der Waals surface area contributed by atoms with Crippen molar-refractivity contribution in [1.82, 2.24) is 15.0 Å². The van der Waals surface area contributed by atoms with Gasteiger partial charge in [0.1, 0.15) is 24.0 Å². The molecule has 1 N–H and O–H groups in total. The number of nitrogens with zero attached hydrogens (tertiary/aromatic N) is 3. The maximum absolute atomic E-state index is 14.0. The molecule has 0 aliphatic heterocycles. The van der Waals surface area contributed by atoms with Crippen LogP contribution in [0.3, 0.4) is 0 Å². The number of halogens is 1. The van der Waals surface area contributed by atoms with Crippen LogP contribution in [-0.2, 0) is 15.6 Å². The van der Waals surface area contributed by atoms with Crippen LogP contribution in [0, 0.1) is 5.82 Å². The van der Waals surface area contributed by atoms with Crippen LogP contribution >= 0.6 is 0 Å². The molecule has 4 rings (SSSR count). The number of benzene rings is 3. The molecule has 7 nitrogen and oxygen atoms in total. The van der Waals surface area contributed by atoms with Crippen LogP contribution in [0.4, 0.5) is 16.0 Å². The Morgan fingerprint density at radius 1 is 1.00 bits per heavy atom. The van der Waals surface area contributed by atoms with E-state index in [1.54, 1.807) is 30.3 Å².